The van der Waals surface area contributed by atoms with E-state index in [-0.39, 0.29) is 5.57 Å². The van der Waals surface area contributed by atoms with Crippen molar-refractivity contribution in [2.24, 2.45) is 0 Å². The Labute approximate surface area is 123 Å². The number of furan rings is 1. The van der Waals surface area contributed by atoms with Gasteiger partial charge in [0.05, 0.1) is 10.2 Å². The van der Waals surface area contributed by atoms with Crippen molar-refractivity contribution in [3.8, 4) is 16.8 Å². The molecule has 0 aliphatic rings. The van der Waals surface area contributed by atoms with E-state index in [4.69, 9.17) is 14.8 Å². The molecule has 0 unspecified atom stereocenters. The number of thiazole rings is 1. The third-order valence-electron chi connectivity index (χ3n) is 2.77. The van der Waals surface area contributed by atoms with E-state index in [1.54, 1.807) is 18.2 Å². The Bertz CT molecular complexity index is 866. The lowest BCUT2D eigenvalue weighted by molar-refractivity contribution is -0.132. The quantitative estimate of drug-likeness (QED) is 0.590. The summed E-state index contributed by atoms with van der Waals surface area (Å²) in [6, 6.07) is 12.7. The highest BCUT2D eigenvalue weighted by atomic mass is 32.1. The van der Waals surface area contributed by atoms with Crippen LogP contribution in [0.25, 0.3) is 27.1 Å². The molecular weight excluding hydrogens is 288 g/mol. The van der Waals surface area contributed by atoms with Crippen LogP contribution in [0.1, 0.15) is 5.76 Å². The summed E-state index contributed by atoms with van der Waals surface area (Å²) in [7, 11) is 0. The summed E-state index contributed by atoms with van der Waals surface area (Å²) >= 11 is 1.49. The van der Waals surface area contributed by atoms with Crippen molar-refractivity contribution in [2.75, 3.05) is 0 Å². The topological polar surface area (TPSA) is 87.1 Å². The van der Waals surface area contributed by atoms with E-state index in [1.165, 1.54) is 17.4 Å². The van der Waals surface area contributed by atoms with Gasteiger partial charge in [0.15, 0.2) is 10.8 Å². The van der Waals surface area contributed by atoms with Gasteiger partial charge in [-0.3, -0.25) is 0 Å². The van der Waals surface area contributed by atoms with Gasteiger partial charge >= 0.3 is 5.97 Å². The minimum absolute atomic E-state index is 0.309. The van der Waals surface area contributed by atoms with Crippen LogP contribution >= 0.6 is 11.3 Å². The minimum Gasteiger partial charge on any atom is -0.477 e. The summed E-state index contributed by atoms with van der Waals surface area (Å²) in [5.74, 6) is -0.427. The molecule has 0 amide bonds. The minimum atomic E-state index is -1.28. The van der Waals surface area contributed by atoms with E-state index in [0.29, 0.717) is 16.5 Å². The SMILES string of the molecule is N#CC(=Cc1ccc(-c2nc3ccccc3s2)o1)C(=O)O. The molecular formula is C15H8N2O3S. The molecule has 0 fully saturated rings. The number of nitriles is 1. The molecule has 0 aliphatic carbocycles. The van der Waals surface area contributed by atoms with Gasteiger partial charge in [-0.1, -0.05) is 12.1 Å². The number of carbonyl (C=O) groups is 1. The molecule has 6 heteroatoms. The lowest BCUT2D eigenvalue weighted by Gasteiger charge is -1.90. The third-order valence-corrected chi connectivity index (χ3v) is 3.82. The first-order valence-corrected chi connectivity index (χ1v) is 6.80. The number of aromatic nitrogens is 1. The van der Waals surface area contributed by atoms with Crippen molar-refractivity contribution in [1.29, 1.82) is 5.26 Å². The van der Waals surface area contributed by atoms with Gasteiger partial charge in [-0.15, -0.1) is 11.3 Å². The van der Waals surface area contributed by atoms with Crippen LogP contribution in [0.5, 0.6) is 0 Å². The van der Waals surface area contributed by atoms with Crippen molar-refractivity contribution in [1.82, 2.24) is 4.98 Å². The number of carboxylic acids is 1. The smallest absolute Gasteiger partial charge is 0.346 e. The predicted molar refractivity (Wildman–Crippen MR) is 78.5 cm³/mol. The van der Waals surface area contributed by atoms with Gasteiger partial charge in [-0.25, -0.2) is 9.78 Å². The van der Waals surface area contributed by atoms with Crippen molar-refractivity contribution in [2.45, 2.75) is 0 Å². The van der Waals surface area contributed by atoms with Crippen LogP contribution in [0.3, 0.4) is 0 Å². The summed E-state index contributed by atoms with van der Waals surface area (Å²) in [4.78, 5) is 15.2. The fraction of sp³-hybridized carbons (Fsp3) is 0. The summed E-state index contributed by atoms with van der Waals surface area (Å²) in [6.07, 6.45) is 1.19. The van der Waals surface area contributed by atoms with Crippen LogP contribution in [0, 0.1) is 11.3 Å². The van der Waals surface area contributed by atoms with Gasteiger partial charge in [0, 0.05) is 6.08 Å². The molecule has 3 aromatic rings. The molecule has 21 heavy (non-hydrogen) atoms. The Hall–Kier alpha value is -2.91. The van der Waals surface area contributed by atoms with Crippen LogP contribution in [-0.2, 0) is 4.79 Å². The van der Waals surface area contributed by atoms with Gasteiger partial charge in [-0.2, -0.15) is 5.26 Å². The normalized spacial score (nSPS) is 11.5. The van der Waals surface area contributed by atoms with Crippen molar-refractivity contribution in [3.63, 3.8) is 0 Å². The standard InChI is InChI=1S/C15H8N2O3S/c16-8-9(15(18)19)7-10-5-6-12(20-10)14-17-11-3-1-2-4-13(11)21-14/h1-7H,(H,18,19). The van der Waals surface area contributed by atoms with Crippen LogP contribution < -0.4 is 0 Å². The zero-order valence-electron chi connectivity index (χ0n) is 10.6. The lowest BCUT2D eigenvalue weighted by Crippen LogP contribution is -1.96. The first-order chi connectivity index (χ1) is 10.2. The van der Waals surface area contributed by atoms with E-state index in [1.807, 2.05) is 24.3 Å². The van der Waals surface area contributed by atoms with E-state index in [2.05, 4.69) is 4.98 Å². The number of aliphatic carboxylic acids is 1. The number of rotatable bonds is 3. The number of nitrogens with zero attached hydrogens (tertiary/aromatic N) is 2. The summed E-state index contributed by atoms with van der Waals surface area (Å²) in [5, 5.41) is 18.2. The number of fused-ring (bicyclic) bond motifs is 1. The zero-order valence-corrected chi connectivity index (χ0v) is 11.4. The monoisotopic (exact) mass is 296 g/mol. The first-order valence-electron chi connectivity index (χ1n) is 5.98. The molecule has 5 nitrogen and oxygen atoms in total. The predicted octanol–water partition coefficient (Wildman–Crippen LogP) is 3.55. The Morgan fingerprint density at radius 1 is 1.33 bits per heavy atom. The number of hydrogen-bond donors (Lipinski definition) is 1. The van der Waals surface area contributed by atoms with Gasteiger partial charge in [-0.05, 0) is 24.3 Å². The maximum Gasteiger partial charge on any atom is 0.346 e. The molecule has 0 bridgehead atoms. The maximum absolute atomic E-state index is 10.8. The molecule has 3 rings (SSSR count). The van der Waals surface area contributed by atoms with E-state index >= 15 is 0 Å². The van der Waals surface area contributed by atoms with E-state index < -0.39 is 5.97 Å². The van der Waals surface area contributed by atoms with Crippen molar-refractivity contribution < 1.29 is 14.3 Å². The Morgan fingerprint density at radius 3 is 2.86 bits per heavy atom. The van der Waals surface area contributed by atoms with Crippen LogP contribution in [0.15, 0.2) is 46.4 Å². The molecule has 102 valence electrons. The maximum atomic E-state index is 10.8. The Kier molecular flexibility index (Phi) is 3.26. The van der Waals surface area contributed by atoms with Crippen LogP contribution in [0.2, 0.25) is 0 Å². The highest BCUT2D eigenvalue weighted by molar-refractivity contribution is 7.21. The largest absolute Gasteiger partial charge is 0.477 e. The average molecular weight is 296 g/mol. The molecule has 0 saturated carbocycles. The molecule has 0 saturated heterocycles. The fourth-order valence-corrected chi connectivity index (χ4v) is 2.73. The van der Waals surface area contributed by atoms with Gasteiger partial charge < -0.3 is 9.52 Å². The molecule has 0 aliphatic heterocycles. The third kappa shape index (κ3) is 2.55. The summed E-state index contributed by atoms with van der Waals surface area (Å²) in [6.45, 7) is 0. The van der Waals surface area contributed by atoms with E-state index in [9.17, 15) is 4.79 Å². The van der Waals surface area contributed by atoms with Crippen molar-refractivity contribution >= 4 is 33.6 Å². The lowest BCUT2D eigenvalue weighted by atomic mass is 10.2. The zero-order chi connectivity index (χ0) is 14.8. The molecule has 1 aromatic carbocycles. The molecule has 2 aromatic heterocycles. The Balaban J connectivity index is 1.98. The highest BCUT2D eigenvalue weighted by Crippen LogP contribution is 2.31. The van der Waals surface area contributed by atoms with Gasteiger partial charge in [0.1, 0.15) is 17.4 Å². The summed E-state index contributed by atoms with van der Waals surface area (Å²) in [5.41, 5.74) is 0.509. The molecule has 0 radical (unpaired) electrons. The molecule has 2 heterocycles. The summed E-state index contributed by atoms with van der Waals surface area (Å²) < 4.78 is 6.58. The van der Waals surface area contributed by atoms with Gasteiger partial charge in [0.2, 0.25) is 0 Å². The second kappa shape index (κ2) is 5.23. The molecule has 1 N–H and O–H groups in total. The number of benzene rings is 1. The number of para-hydroxylation sites is 1. The fourth-order valence-electron chi connectivity index (χ4n) is 1.81. The Morgan fingerprint density at radius 2 is 2.14 bits per heavy atom. The second-order valence-electron chi connectivity index (χ2n) is 4.16. The molecule has 0 atom stereocenters. The highest BCUT2D eigenvalue weighted by Gasteiger charge is 2.11. The second-order valence-corrected chi connectivity index (χ2v) is 5.19. The average Bonchev–Trinajstić information content (AvgIpc) is 3.10. The van der Waals surface area contributed by atoms with E-state index in [0.717, 1.165) is 10.2 Å². The van der Waals surface area contributed by atoms with Crippen molar-refractivity contribution in [3.05, 3.63) is 47.7 Å². The van der Waals surface area contributed by atoms with Crippen LogP contribution in [-0.4, -0.2) is 16.1 Å². The number of hydrogen-bond acceptors (Lipinski definition) is 5. The van der Waals surface area contributed by atoms with Gasteiger partial charge in [0.25, 0.3) is 0 Å². The van der Waals surface area contributed by atoms with Crippen LogP contribution in [0.4, 0.5) is 0 Å². The molecule has 0 spiro atoms. The number of carboxylic acid groups (broad SMARTS) is 1. The first kappa shape index (κ1) is 13.1.